The average Bonchev–Trinajstić information content (AvgIpc) is 2.91. The van der Waals surface area contributed by atoms with Crippen LogP contribution < -0.4 is 14.8 Å². The number of rotatable bonds is 3. The lowest BCUT2D eigenvalue weighted by Crippen LogP contribution is -2.35. The Balaban J connectivity index is 1.83. The van der Waals surface area contributed by atoms with Crippen LogP contribution >= 0.6 is 0 Å². The fraction of sp³-hybridized carbons (Fsp3) is 0.375. The van der Waals surface area contributed by atoms with E-state index in [0.29, 0.717) is 24.8 Å². The first-order valence-corrected chi connectivity index (χ1v) is 7.18. The Labute approximate surface area is 129 Å². The number of nitrogens with zero attached hydrogens (tertiary/aromatic N) is 2. The summed E-state index contributed by atoms with van der Waals surface area (Å²) in [6, 6.07) is 7.37. The van der Waals surface area contributed by atoms with Gasteiger partial charge in [0.25, 0.3) is 0 Å². The van der Waals surface area contributed by atoms with Crippen LogP contribution in [0.3, 0.4) is 0 Å². The minimum Gasteiger partial charge on any atom is -0.486 e. The van der Waals surface area contributed by atoms with Gasteiger partial charge in [0, 0.05) is 19.3 Å². The number of aryl methyl sites for hydroxylation is 1. The van der Waals surface area contributed by atoms with Gasteiger partial charge >= 0.3 is 0 Å². The maximum atomic E-state index is 12.6. The van der Waals surface area contributed by atoms with Crippen LogP contribution in [0.2, 0.25) is 0 Å². The molecule has 0 unspecified atom stereocenters. The molecule has 22 heavy (non-hydrogen) atoms. The maximum absolute atomic E-state index is 12.6. The lowest BCUT2D eigenvalue weighted by molar-refractivity contribution is -0.120. The van der Waals surface area contributed by atoms with E-state index in [1.54, 1.807) is 16.9 Å². The molecule has 6 heteroatoms. The Bertz CT molecular complexity index is 706. The average molecular weight is 301 g/mol. The van der Waals surface area contributed by atoms with Gasteiger partial charge < -0.3 is 14.8 Å². The summed E-state index contributed by atoms with van der Waals surface area (Å²) in [5.41, 5.74) is 0.151. The van der Waals surface area contributed by atoms with Gasteiger partial charge in [-0.1, -0.05) is 6.07 Å². The molecular weight excluding hydrogens is 282 g/mol. The van der Waals surface area contributed by atoms with Gasteiger partial charge in [-0.3, -0.25) is 9.48 Å². The summed E-state index contributed by atoms with van der Waals surface area (Å²) >= 11 is 0. The number of carbonyl (C=O) groups excluding carboxylic acids is 1. The van der Waals surface area contributed by atoms with Crippen LogP contribution in [0.4, 0.5) is 5.82 Å². The second kappa shape index (κ2) is 5.36. The molecule has 0 saturated carbocycles. The third-order valence-corrected chi connectivity index (χ3v) is 3.79. The molecular formula is C16H19N3O3. The molecule has 1 aromatic heterocycles. The Morgan fingerprint density at radius 2 is 1.95 bits per heavy atom. The van der Waals surface area contributed by atoms with Crippen molar-refractivity contribution < 1.29 is 14.3 Å². The maximum Gasteiger partial charge on any atom is 0.235 e. The molecule has 0 aliphatic carbocycles. The van der Waals surface area contributed by atoms with Crippen molar-refractivity contribution >= 4 is 11.7 Å². The van der Waals surface area contributed by atoms with Crippen LogP contribution in [0.15, 0.2) is 30.5 Å². The van der Waals surface area contributed by atoms with E-state index in [1.807, 2.05) is 39.1 Å². The standard InChI is InChI=1S/C16H19N3O3/c1-16(2,15(20)17-14-6-7-19(3)18-14)11-4-5-12-13(10-11)22-9-8-21-12/h4-7,10H,8-9H2,1-3H3,(H,17,18,20). The number of aromatic nitrogens is 2. The predicted molar refractivity (Wildman–Crippen MR) is 82.3 cm³/mol. The van der Waals surface area contributed by atoms with Gasteiger partial charge in [0.05, 0.1) is 5.41 Å². The Hall–Kier alpha value is -2.50. The fourth-order valence-corrected chi connectivity index (χ4v) is 2.32. The van der Waals surface area contributed by atoms with Gasteiger partial charge in [-0.15, -0.1) is 0 Å². The molecule has 0 saturated heterocycles. The normalized spacial score (nSPS) is 13.8. The van der Waals surface area contributed by atoms with Gasteiger partial charge in [0.15, 0.2) is 17.3 Å². The first kappa shape index (κ1) is 14.4. The summed E-state index contributed by atoms with van der Waals surface area (Å²) < 4.78 is 12.7. The second-order valence-corrected chi connectivity index (χ2v) is 5.81. The number of amides is 1. The van der Waals surface area contributed by atoms with Gasteiger partial charge in [-0.25, -0.2) is 0 Å². The van der Waals surface area contributed by atoms with E-state index in [0.717, 1.165) is 11.3 Å². The van der Waals surface area contributed by atoms with Crippen molar-refractivity contribution in [1.82, 2.24) is 9.78 Å². The minimum atomic E-state index is -0.715. The number of benzene rings is 1. The molecule has 0 radical (unpaired) electrons. The molecule has 1 N–H and O–H groups in total. The van der Waals surface area contributed by atoms with Crippen LogP contribution in [0.5, 0.6) is 11.5 Å². The van der Waals surface area contributed by atoms with Crippen molar-refractivity contribution in [2.24, 2.45) is 7.05 Å². The minimum absolute atomic E-state index is 0.122. The van der Waals surface area contributed by atoms with Crippen LogP contribution in [0.1, 0.15) is 19.4 Å². The lowest BCUT2D eigenvalue weighted by Gasteiger charge is -2.26. The van der Waals surface area contributed by atoms with Crippen molar-refractivity contribution in [3.8, 4) is 11.5 Å². The number of fused-ring (bicyclic) bond motifs is 1. The number of hydrogen-bond acceptors (Lipinski definition) is 4. The third-order valence-electron chi connectivity index (χ3n) is 3.79. The second-order valence-electron chi connectivity index (χ2n) is 5.81. The third kappa shape index (κ3) is 2.64. The van der Waals surface area contributed by atoms with Crippen LogP contribution in [-0.2, 0) is 17.3 Å². The summed E-state index contributed by atoms with van der Waals surface area (Å²) in [5.74, 6) is 1.82. The highest BCUT2D eigenvalue weighted by Crippen LogP contribution is 2.35. The van der Waals surface area contributed by atoms with Crippen molar-refractivity contribution in [2.45, 2.75) is 19.3 Å². The van der Waals surface area contributed by atoms with Crippen LogP contribution in [0.25, 0.3) is 0 Å². The quantitative estimate of drug-likeness (QED) is 0.943. The van der Waals surface area contributed by atoms with E-state index in [4.69, 9.17) is 9.47 Å². The molecule has 1 amide bonds. The monoisotopic (exact) mass is 301 g/mol. The SMILES string of the molecule is Cn1ccc(NC(=O)C(C)(C)c2ccc3c(c2)OCCO3)n1. The molecule has 0 spiro atoms. The molecule has 0 bridgehead atoms. The Kier molecular flexibility index (Phi) is 3.52. The molecule has 1 aliphatic heterocycles. The summed E-state index contributed by atoms with van der Waals surface area (Å²) in [5, 5.41) is 7.01. The molecule has 2 aromatic rings. The number of anilines is 1. The number of carbonyl (C=O) groups is 1. The summed E-state index contributed by atoms with van der Waals surface area (Å²) in [6.45, 7) is 4.82. The predicted octanol–water partition coefficient (Wildman–Crippen LogP) is 2.11. The largest absolute Gasteiger partial charge is 0.486 e. The number of hydrogen-bond donors (Lipinski definition) is 1. The smallest absolute Gasteiger partial charge is 0.235 e. The highest BCUT2D eigenvalue weighted by atomic mass is 16.6. The molecule has 1 aliphatic rings. The molecule has 3 rings (SSSR count). The van der Waals surface area contributed by atoms with E-state index in [-0.39, 0.29) is 5.91 Å². The summed E-state index contributed by atoms with van der Waals surface area (Å²) in [4.78, 5) is 12.6. The van der Waals surface area contributed by atoms with Crippen LogP contribution in [-0.4, -0.2) is 28.9 Å². The van der Waals surface area contributed by atoms with Crippen LogP contribution in [0, 0.1) is 0 Å². The zero-order valence-electron chi connectivity index (χ0n) is 12.9. The summed E-state index contributed by atoms with van der Waals surface area (Å²) in [7, 11) is 1.81. The molecule has 6 nitrogen and oxygen atoms in total. The van der Waals surface area contributed by atoms with Crippen molar-refractivity contribution in [3.05, 3.63) is 36.0 Å². The van der Waals surface area contributed by atoms with Gasteiger partial charge in [-0.2, -0.15) is 5.10 Å². The molecule has 2 heterocycles. The van der Waals surface area contributed by atoms with Gasteiger partial charge in [-0.05, 0) is 31.5 Å². The first-order valence-electron chi connectivity index (χ1n) is 7.18. The fourth-order valence-electron chi connectivity index (χ4n) is 2.32. The molecule has 0 atom stereocenters. The van der Waals surface area contributed by atoms with Gasteiger partial charge in [0.2, 0.25) is 5.91 Å². The van der Waals surface area contributed by atoms with E-state index >= 15 is 0 Å². The van der Waals surface area contributed by atoms with E-state index in [9.17, 15) is 4.79 Å². The van der Waals surface area contributed by atoms with Crippen molar-refractivity contribution in [2.75, 3.05) is 18.5 Å². The van der Waals surface area contributed by atoms with E-state index in [1.165, 1.54) is 0 Å². The lowest BCUT2D eigenvalue weighted by atomic mass is 9.83. The zero-order chi connectivity index (χ0) is 15.7. The van der Waals surface area contributed by atoms with E-state index in [2.05, 4.69) is 10.4 Å². The zero-order valence-corrected chi connectivity index (χ0v) is 12.9. The van der Waals surface area contributed by atoms with Crippen molar-refractivity contribution in [1.29, 1.82) is 0 Å². The molecule has 116 valence electrons. The molecule has 0 fully saturated rings. The highest BCUT2D eigenvalue weighted by Gasteiger charge is 2.31. The number of ether oxygens (including phenoxy) is 2. The summed E-state index contributed by atoms with van der Waals surface area (Å²) in [6.07, 6.45) is 1.78. The van der Waals surface area contributed by atoms with E-state index < -0.39 is 5.41 Å². The topological polar surface area (TPSA) is 65.4 Å². The number of nitrogens with one attached hydrogen (secondary N) is 1. The Morgan fingerprint density at radius 1 is 1.23 bits per heavy atom. The highest BCUT2D eigenvalue weighted by molar-refractivity contribution is 5.98. The first-order chi connectivity index (χ1) is 10.5. The van der Waals surface area contributed by atoms with Crippen molar-refractivity contribution in [3.63, 3.8) is 0 Å². The Morgan fingerprint density at radius 3 is 2.64 bits per heavy atom. The molecule has 1 aromatic carbocycles. The van der Waals surface area contributed by atoms with Gasteiger partial charge in [0.1, 0.15) is 13.2 Å².